The molecule has 0 fully saturated rings. The summed E-state index contributed by atoms with van der Waals surface area (Å²) in [5.41, 5.74) is 4.63. The van der Waals surface area contributed by atoms with Crippen molar-refractivity contribution in [3.63, 3.8) is 0 Å². The van der Waals surface area contributed by atoms with E-state index < -0.39 is 0 Å². The molecule has 1 heterocycles. The van der Waals surface area contributed by atoms with Crippen LogP contribution in [0.2, 0.25) is 0 Å². The summed E-state index contributed by atoms with van der Waals surface area (Å²) in [4.78, 5) is 1.52. The standard InChI is InChI=1S/C22H29N3O/c1-3-4-5-6-7-8-9-10-18-12-14-21(22(26)16-18)25-23-19-13-11-17(2)15-20(19)24-25/h11-16,26H,3-10H2,1-2H3. The minimum atomic E-state index is 0.238. The van der Waals surface area contributed by atoms with Crippen LogP contribution in [0.25, 0.3) is 16.7 Å². The highest BCUT2D eigenvalue weighted by Gasteiger charge is 2.09. The molecule has 0 bridgehead atoms. The van der Waals surface area contributed by atoms with Gasteiger partial charge in [-0.3, -0.25) is 0 Å². The first kappa shape index (κ1) is 18.4. The zero-order chi connectivity index (χ0) is 18.4. The van der Waals surface area contributed by atoms with Crippen molar-refractivity contribution in [3.8, 4) is 11.4 Å². The molecule has 1 N–H and O–H groups in total. The van der Waals surface area contributed by atoms with Gasteiger partial charge in [0.1, 0.15) is 22.5 Å². The van der Waals surface area contributed by atoms with Crippen molar-refractivity contribution in [1.29, 1.82) is 0 Å². The summed E-state index contributed by atoms with van der Waals surface area (Å²) in [5.74, 6) is 0.238. The molecule has 4 nitrogen and oxygen atoms in total. The number of phenolic OH excluding ortho intramolecular Hbond substituents is 1. The van der Waals surface area contributed by atoms with Crippen molar-refractivity contribution in [2.45, 2.75) is 65.2 Å². The zero-order valence-electron chi connectivity index (χ0n) is 15.9. The number of hydrogen-bond acceptors (Lipinski definition) is 3. The lowest BCUT2D eigenvalue weighted by Gasteiger charge is -2.07. The Bertz CT molecular complexity index is 854. The zero-order valence-corrected chi connectivity index (χ0v) is 15.9. The van der Waals surface area contributed by atoms with Gasteiger partial charge >= 0.3 is 0 Å². The number of aryl methyl sites for hydroxylation is 2. The maximum Gasteiger partial charge on any atom is 0.143 e. The molecule has 1 aromatic heterocycles. The fourth-order valence-corrected chi connectivity index (χ4v) is 3.31. The number of hydrogen-bond donors (Lipinski definition) is 1. The number of nitrogens with zero attached hydrogens (tertiary/aromatic N) is 3. The number of unbranched alkanes of at least 4 members (excludes halogenated alkanes) is 6. The van der Waals surface area contributed by atoms with Crippen LogP contribution in [0.15, 0.2) is 36.4 Å². The van der Waals surface area contributed by atoms with Gasteiger partial charge in [0, 0.05) is 0 Å². The molecule has 26 heavy (non-hydrogen) atoms. The Balaban J connectivity index is 1.60. The smallest absolute Gasteiger partial charge is 0.143 e. The van der Waals surface area contributed by atoms with E-state index >= 15 is 0 Å². The molecule has 3 rings (SSSR count). The normalized spacial score (nSPS) is 11.3. The fraction of sp³-hybridized carbons (Fsp3) is 0.455. The van der Waals surface area contributed by atoms with Crippen molar-refractivity contribution >= 4 is 11.0 Å². The van der Waals surface area contributed by atoms with Crippen molar-refractivity contribution in [3.05, 3.63) is 47.5 Å². The SMILES string of the molecule is CCCCCCCCCc1ccc(-n2nc3ccc(C)cc3n2)c(O)c1. The van der Waals surface area contributed by atoms with E-state index in [4.69, 9.17) is 0 Å². The van der Waals surface area contributed by atoms with Gasteiger partial charge in [0.2, 0.25) is 0 Å². The number of phenols is 1. The minimum Gasteiger partial charge on any atom is -0.506 e. The third kappa shape index (κ3) is 4.63. The second kappa shape index (κ2) is 8.84. The first-order chi connectivity index (χ1) is 12.7. The number of fused-ring (bicyclic) bond motifs is 1. The van der Waals surface area contributed by atoms with Gasteiger partial charge < -0.3 is 5.11 Å². The van der Waals surface area contributed by atoms with Gasteiger partial charge in [-0.1, -0.05) is 57.6 Å². The van der Waals surface area contributed by atoms with Crippen LogP contribution in [0.4, 0.5) is 0 Å². The second-order valence-electron chi connectivity index (χ2n) is 7.18. The van der Waals surface area contributed by atoms with E-state index in [-0.39, 0.29) is 5.75 Å². The Morgan fingerprint density at radius 1 is 0.846 bits per heavy atom. The van der Waals surface area contributed by atoms with Gasteiger partial charge in [-0.15, -0.1) is 15.0 Å². The largest absolute Gasteiger partial charge is 0.506 e. The molecule has 0 unspecified atom stereocenters. The quantitative estimate of drug-likeness (QED) is 0.501. The summed E-state index contributed by atoms with van der Waals surface area (Å²) in [6.45, 7) is 4.28. The van der Waals surface area contributed by atoms with Gasteiger partial charge in [-0.05, 0) is 55.2 Å². The van der Waals surface area contributed by atoms with E-state index in [0.29, 0.717) is 5.69 Å². The van der Waals surface area contributed by atoms with E-state index in [2.05, 4.69) is 23.2 Å². The molecule has 0 radical (unpaired) electrons. The third-order valence-electron chi connectivity index (χ3n) is 4.86. The Morgan fingerprint density at radius 3 is 2.35 bits per heavy atom. The molecule has 3 aromatic rings. The van der Waals surface area contributed by atoms with Gasteiger partial charge in [0.15, 0.2) is 0 Å². The van der Waals surface area contributed by atoms with Crippen LogP contribution >= 0.6 is 0 Å². The molecule has 4 heteroatoms. The van der Waals surface area contributed by atoms with Gasteiger partial charge in [0.05, 0.1) is 0 Å². The molecule has 2 aromatic carbocycles. The predicted molar refractivity (Wildman–Crippen MR) is 107 cm³/mol. The van der Waals surface area contributed by atoms with E-state index in [0.717, 1.165) is 23.0 Å². The molecule has 0 amide bonds. The molecule has 138 valence electrons. The first-order valence-corrected chi connectivity index (χ1v) is 9.83. The van der Waals surface area contributed by atoms with Crippen molar-refractivity contribution < 1.29 is 5.11 Å². The topological polar surface area (TPSA) is 50.9 Å². The molecule has 0 atom stereocenters. The number of rotatable bonds is 9. The maximum atomic E-state index is 10.4. The maximum absolute atomic E-state index is 10.4. The minimum absolute atomic E-state index is 0.238. The van der Waals surface area contributed by atoms with E-state index in [1.54, 1.807) is 0 Å². The number of aromatic hydroxyl groups is 1. The van der Waals surface area contributed by atoms with Crippen LogP contribution < -0.4 is 0 Å². The Morgan fingerprint density at radius 2 is 1.58 bits per heavy atom. The monoisotopic (exact) mass is 351 g/mol. The van der Waals surface area contributed by atoms with E-state index in [1.807, 2.05) is 37.3 Å². The number of benzene rings is 2. The molecule has 0 aliphatic heterocycles. The van der Waals surface area contributed by atoms with Gasteiger partial charge in [-0.2, -0.15) is 0 Å². The lowest BCUT2D eigenvalue weighted by atomic mass is 10.0. The lowest BCUT2D eigenvalue weighted by molar-refractivity contribution is 0.466. The average Bonchev–Trinajstić information content (AvgIpc) is 3.03. The van der Waals surface area contributed by atoms with Crippen molar-refractivity contribution in [2.24, 2.45) is 0 Å². The summed E-state index contributed by atoms with van der Waals surface area (Å²) >= 11 is 0. The highest BCUT2D eigenvalue weighted by atomic mass is 16.3. The highest BCUT2D eigenvalue weighted by molar-refractivity contribution is 5.74. The van der Waals surface area contributed by atoms with Gasteiger partial charge in [0.25, 0.3) is 0 Å². The van der Waals surface area contributed by atoms with Crippen LogP contribution in [-0.2, 0) is 6.42 Å². The Kier molecular flexibility index (Phi) is 6.26. The number of aromatic nitrogens is 3. The third-order valence-corrected chi connectivity index (χ3v) is 4.86. The molecular weight excluding hydrogens is 322 g/mol. The molecule has 0 saturated carbocycles. The molecule has 0 spiro atoms. The fourth-order valence-electron chi connectivity index (χ4n) is 3.31. The molecule has 0 aliphatic rings. The van der Waals surface area contributed by atoms with Crippen LogP contribution in [0.5, 0.6) is 5.75 Å². The average molecular weight is 351 g/mol. The first-order valence-electron chi connectivity index (χ1n) is 9.83. The van der Waals surface area contributed by atoms with Crippen LogP contribution in [-0.4, -0.2) is 20.1 Å². The Labute approximate surface area is 155 Å². The predicted octanol–water partition coefficient (Wildman–Crippen LogP) is 5.73. The summed E-state index contributed by atoms with van der Waals surface area (Å²) in [7, 11) is 0. The summed E-state index contributed by atoms with van der Waals surface area (Å²) < 4.78 is 0. The second-order valence-corrected chi connectivity index (χ2v) is 7.18. The van der Waals surface area contributed by atoms with Crippen LogP contribution in [0, 0.1) is 6.92 Å². The van der Waals surface area contributed by atoms with E-state index in [1.165, 1.54) is 55.3 Å². The van der Waals surface area contributed by atoms with Crippen molar-refractivity contribution in [2.75, 3.05) is 0 Å². The lowest BCUT2D eigenvalue weighted by Crippen LogP contribution is -1.99. The Hall–Kier alpha value is -2.36. The molecule has 0 aliphatic carbocycles. The molecule has 0 saturated heterocycles. The van der Waals surface area contributed by atoms with Crippen LogP contribution in [0.3, 0.4) is 0 Å². The van der Waals surface area contributed by atoms with E-state index in [9.17, 15) is 5.11 Å². The van der Waals surface area contributed by atoms with Crippen LogP contribution in [0.1, 0.15) is 63.0 Å². The molecular formula is C22H29N3O. The summed E-state index contributed by atoms with van der Waals surface area (Å²) in [5, 5.41) is 19.4. The summed E-state index contributed by atoms with van der Waals surface area (Å²) in [6, 6.07) is 11.8. The highest BCUT2D eigenvalue weighted by Crippen LogP contribution is 2.24. The summed E-state index contributed by atoms with van der Waals surface area (Å²) in [6.07, 6.45) is 10.1. The van der Waals surface area contributed by atoms with Gasteiger partial charge in [-0.25, -0.2) is 0 Å². The van der Waals surface area contributed by atoms with Crippen molar-refractivity contribution in [1.82, 2.24) is 15.0 Å².